The van der Waals surface area contributed by atoms with E-state index in [1.54, 1.807) is 0 Å². The molecule has 0 radical (unpaired) electrons. The molecule has 1 fully saturated rings. The fourth-order valence-electron chi connectivity index (χ4n) is 4.95. The molecule has 1 aliphatic heterocycles. The topological polar surface area (TPSA) is 49.8 Å². The lowest BCUT2D eigenvalue weighted by Gasteiger charge is -2.44. The Morgan fingerprint density at radius 3 is 2.70 bits per heavy atom. The largest absolute Gasteiger partial charge is 0.493 e. The Balaban J connectivity index is 1.23. The van der Waals surface area contributed by atoms with E-state index in [9.17, 15) is 4.79 Å². The van der Waals surface area contributed by atoms with Crippen LogP contribution in [0, 0.1) is 5.92 Å². The van der Waals surface area contributed by atoms with Gasteiger partial charge in [-0.15, -0.1) is 0 Å². The first kappa shape index (κ1) is 19.1. The van der Waals surface area contributed by atoms with Crippen molar-refractivity contribution in [2.75, 3.05) is 19.7 Å². The van der Waals surface area contributed by atoms with Gasteiger partial charge in [0.2, 0.25) is 0 Å². The van der Waals surface area contributed by atoms with Gasteiger partial charge in [0.15, 0.2) is 0 Å². The molecule has 4 nitrogen and oxygen atoms in total. The number of ether oxygens (including phenoxy) is 1. The molecule has 5 rings (SSSR count). The summed E-state index contributed by atoms with van der Waals surface area (Å²) < 4.78 is 6.25. The Bertz CT molecular complexity index is 1070. The summed E-state index contributed by atoms with van der Waals surface area (Å²) in [5, 5.41) is 11.7. The van der Waals surface area contributed by atoms with Crippen molar-refractivity contribution in [3.8, 4) is 5.75 Å². The molecule has 1 aliphatic carbocycles. The van der Waals surface area contributed by atoms with Crippen LogP contribution in [0.25, 0.3) is 10.8 Å². The first-order valence-corrected chi connectivity index (χ1v) is 10.9. The number of carbonyl (C=O) groups is 1. The van der Waals surface area contributed by atoms with E-state index >= 15 is 0 Å². The van der Waals surface area contributed by atoms with Crippen molar-refractivity contribution in [1.82, 2.24) is 4.90 Å². The fraction of sp³-hybridized carbons (Fsp3) is 0.346. The predicted octanol–water partition coefficient (Wildman–Crippen LogP) is 4.34. The second-order valence-corrected chi connectivity index (χ2v) is 8.52. The van der Waals surface area contributed by atoms with Crippen LogP contribution in [0.3, 0.4) is 0 Å². The fourth-order valence-corrected chi connectivity index (χ4v) is 4.95. The van der Waals surface area contributed by atoms with Gasteiger partial charge in [-0.3, -0.25) is 9.69 Å². The molecule has 1 N–H and O–H groups in total. The lowest BCUT2D eigenvalue weighted by Crippen LogP contribution is -2.56. The monoisotopic (exact) mass is 401 g/mol. The molecule has 2 aliphatic rings. The predicted molar refractivity (Wildman–Crippen MR) is 118 cm³/mol. The molecule has 1 saturated heterocycles. The maximum absolute atomic E-state index is 11.1. The zero-order valence-corrected chi connectivity index (χ0v) is 17.1. The second-order valence-electron chi connectivity index (χ2n) is 8.52. The molecule has 30 heavy (non-hydrogen) atoms. The number of fused-ring (bicyclic) bond motifs is 2. The van der Waals surface area contributed by atoms with E-state index < -0.39 is 5.97 Å². The molecule has 0 aromatic heterocycles. The summed E-state index contributed by atoms with van der Waals surface area (Å²) in [5.74, 6) is 0.165. The van der Waals surface area contributed by atoms with Gasteiger partial charge in [-0.2, -0.15) is 0 Å². The van der Waals surface area contributed by atoms with E-state index in [4.69, 9.17) is 9.84 Å². The Morgan fingerprint density at radius 1 is 1.03 bits per heavy atom. The summed E-state index contributed by atoms with van der Waals surface area (Å²) in [6.07, 6.45) is 3.95. The number of aliphatic carboxylic acids is 1. The summed E-state index contributed by atoms with van der Waals surface area (Å²) in [5.41, 5.74) is 4.01. The van der Waals surface area contributed by atoms with E-state index in [1.165, 1.54) is 27.5 Å². The number of likely N-dealkylation sites (tertiary alicyclic amines) is 1. The van der Waals surface area contributed by atoms with Crippen molar-refractivity contribution in [3.63, 3.8) is 0 Å². The summed E-state index contributed by atoms with van der Waals surface area (Å²) in [7, 11) is 0. The molecule has 1 heterocycles. The maximum atomic E-state index is 11.1. The van der Waals surface area contributed by atoms with Crippen LogP contribution in [0.15, 0.2) is 60.7 Å². The highest BCUT2D eigenvalue weighted by Gasteiger charge is 2.38. The highest BCUT2D eigenvalue weighted by molar-refractivity contribution is 5.85. The average molecular weight is 402 g/mol. The molecular formula is C26H27NO3. The lowest BCUT2D eigenvalue weighted by molar-refractivity contribution is -0.148. The Hall–Kier alpha value is -2.85. The third kappa shape index (κ3) is 3.68. The minimum Gasteiger partial charge on any atom is -0.493 e. The van der Waals surface area contributed by atoms with Gasteiger partial charge in [0, 0.05) is 25.6 Å². The van der Waals surface area contributed by atoms with Crippen molar-refractivity contribution in [2.45, 2.75) is 31.7 Å². The van der Waals surface area contributed by atoms with Gasteiger partial charge < -0.3 is 9.84 Å². The highest BCUT2D eigenvalue weighted by Crippen LogP contribution is 2.34. The first-order chi connectivity index (χ1) is 14.7. The van der Waals surface area contributed by atoms with Gasteiger partial charge in [-0.25, -0.2) is 0 Å². The summed E-state index contributed by atoms with van der Waals surface area (Å²) in [6, 6.07) is 21.8. The highest BCUT2D eigenvalue weighted by atomic mass is 16.5. The number of hydrogen-bond acceptors (Lipinski definition) is 3. The van der Waals surface area contributed by atoms with Gasteiger partial charge in [-0.05, 0) is 52.8 Å². The summed E-state index contributed by atoms with van der Waals surface area (Å²) in [4.78, 5) is 13.4. The summed E-state index contributed by atoms with van der Waals surface area (Å²) >= 11 is 0. The number of carboxylic acids is 1. The van der Waals surface area contributed by atoms with Crippen molar-refractivity contribution in [1.29, 1.82) is 0 Å². The Morgan fingerprint density at radius 2 is 1.83 bits per heavy atom. The quantitative estimate of drug-likeness (QED) is 0.668. The lowest BCUT2D eigenvalue weighted by atomic mass is 9.84. The number of rotatable bonds is 6. The number of benzene rings is 3. The van der Waals surface area contributed by atoms with Crippen LogP contribution in [0.5, 0.6) is 5.75 Å². The SMILES string of the molecule is O=C(O)C1CN(C2CCc3c(cccc3OCCc3cccc4ccccc34)C2)C1. The molecule has 0 bridgehead atoms. The van der Waals surface area contributed by atoms with Gasteiger partial charge in [0.05, 0.1) is 12.5 Å². The molecule has 3 aromatic carbocycles. The van der Waals surface area contributed by atoms with Crippen LogP contribution in [-0.2, 0) is 24.1 Å². The number of carboxylic acid groups (broad SMARTS) is 1. The first-order valence-electron chi connectivity index (χ1n) is 10.9. The van der Waals surface area contributed by atoms with Crippen LogP contribution >= 0.6 is 0 Å². The molecule has 1 atom stereocenters. The smallest absolute Gasteiger partial charge is 0.309 e. The van der Waals surface area contributed by atoms with Crippen LogP contribution in [-0.4, -0.2) is 41.7 Å². The zero-order chi connectivity index (χ0) is 20.5. The second kappa shape index (κ2) is 8.11. The van der Waals surface area contributed by atoms with Crippen molar-refractivity contribution in [2.24, 2.45) is 5.92 Å². The molecule has 3 aromatic rings. The van der Waals surface area contributed by atoms with E-state index in [0.29, 0.717) is 25.7 Å². The maximum Gasteiger partial charge on any atom is 0.309 e. The minimum atomic E-state index is -0.663. The molecule has 4 heteroatoms. The third-order valence-electron chi connectivity index (χ3n) is 6.70. The van der Waals surface area contributed by atoms with Gasteiger partial charge in [-0.1, -0.05) is 54.6 Å². The Kier molecular flexibility index (Phi) is 5.17. The number of nitrogens with zero attached hydrogens (tertiary/aromatic N) is 1. The number of hydrogen-bond donors (Lipinski definition) is 1. The molecular weight excluding hydrogens is 374 g/mol. The van der Waals surface area contributed by atoms with Gasteiger partial charge in [0.1, 0.15) is 5.75 Å². The molecule has 0 saturated carbocycles. The standard InChI is InChI=1S/C26H27NO3/c28-26(29)21-16-27(17-21)22-11-12-24-20(15-22)8-4-10-25(24)30-14-13-19-7-3-6-18-5-1-2-9-23(18)19/h1-10,21-22H,11-17H2,(H,28,29). The molecule has 0 amide bonds. The van der Waals surface area contributed by atoms with E-state index in [1.807, 2.05) is 0 Å². The third-order valence-corrected chi connectivity index (χ3v) is 6.70. The van der Waals surface area contributed by atoms with Crippen molar-refractivity contribution >= 4 is 16.7 Å². The van der Waals surface area contributed by atoms with E-state index in [-0.39, 0.29) is 5.92 Å². The molecule has 1 unspecified atom stereocenters. The van der Waals surface area contributed by atoms with Gasteiger partial charge >= 0.3 is 5.97 Å². The molecule has 154 valence electrons. The van der Waals surface area contributed by atoms with Gasteiger partial charge in [0.25, 0.3) is 0 Å². The Labute approximate surface area is 177 Å². The summed E-state index contributed by atoms with van der Waals surface area (Å²) in [6.45, 7) is 2.05. The van der Waals surface area contributed by atoms with Crippen LogP contribution in [0.4, 0.5) is 0 Å². The zero-order valence-electron chi connectivity index (χ0n) is 17.1. The normalized spacial score (nSPS) is 19.3. The van der Waals surface area contributed by atoms with E-state index in [2.05, 4.69) is 65.6 Å². The van der Waals surface area contributed by atoms with Crippen molar-refractivity contribution < 1.29 is 14.6 Å². The van der Waals surface area contributed by atoms with E-state index in [0.717, 1.165) is 31.4 Å². The minimum absolute atomic E-state index is 0.185. The van der Waals surface area contributed by atoms with Crippen LogP contribution in [0.1, 0.15) is 23.1 Å². The average Bonchev–Trinajstić information content (AvgIpc) is 2.72. The van der Waals surface area contributed by atoms with Crippen molar-refractivity contribution in [3.05, 3.63) is 77.4 Å². The molecule has 0 spiro atoms. The van der Waals surface area contributed by atoms with Crippen LogP contribution in [0.2, 0.25) is 0 Å². The van der Waals surface area contributed by atoms with Crippen LogP contribution < -0.4 is 4.74 Å².